The van der Waals surface area contributed by atoms with Crippen molar-refractivity contribution in [3.8, 4) is 5.75 Å². The highest BCUT2D eigenvalue weighted by molar-refractivity contribution is 5.77. The number of ether oxygens (including phenoxy) is 1. The number of carbonyl (C=O) groups is 1. The van der Waals surface area contributed by atoms with Crippen LogP contribution in [0.25, 0.3) is 0 Å². The van der Waals surface area contributed by atoms with Gasteiger partial charge in [-0.05, 0) is 26.0 Å². The predicted octanol–water partition coefficient (Wildman–Crippen LogP) is 1.37. The lowest BCUT2D eigenvalue weighted by Crippen LogP contribution is -2.28. The van der Waals surface area contributed by atoms with Crippen molar-refractivity contribution in [3.63, 3.8) is 0 Å². The van der Waals surface area contributed by atoms with Gasteiger partial charge in [0.25, 0.3) is 5.91 Å². The summed E-state index contributed by atoms with van der Waals surface area (Å²) >= 11 is 0. The van der Waals surface area contributed by atoms with Crippen LogP contribution in [0.2, 0.25) is 0 Å². The van der Waals surface area contributed by atoms with Gasteiger partial charge < -0.3 is 15.8 Å². The molecule has 0 fully saturated rings. The molecule has 0 unspecified atom stereocenters. The van der Waals surface area contributed by atoms with E-state index in [0.29, 0.717) is 23.0 Å². The van der Waals surface area contributed by atoms with Crippen LogP contribution in [0.4, 0.5) is 5.82 Å². The molecule has 6 heteroatoms. The summed E-state index contributed by atoms with van der Waals surface area (Å²) in [6.07, 6.45) is 1.61. The van der Waals surface area contributed by atoms with Gasteiger partial charge in [-0.2, -0.15) is 0 Å². The zero-order valence-corrected chi connectivity index (χ0v) is 12.1. The van der Waals surface area contributed by atoms with Gasteiger partial charge in [0.1, 0.15) is 17.4 Å². The molecule has 3 N–H and O–H groups in total. The first-order valence-corrected chi connectivity index (χ1v) is 6.59. The second-order valence-corrected chi connectivity index (χ2v) is 4.71. The molecule has 1 aromatic carbocycles. The molecular weight excluding hydrogens is 268 g/mol. The maximum absolute atomic E-state index is 11.7. The summed E-state index contributed by atoms with van der Waals surface area (Å²) < 4.78 is 5.39. The van der Waals surface area contributed by atoms with E-state index < -0.39 is 0 Å². The van der Waals surface area contributed by atoms with Gasteiger partial charge in [-0.25, -0.2) is 9.97 Å². The maximum atomic E-state index is 11.7. The Morgan fingerprint density at radius 1 is 1.29 bits per heavy atom. The lowest BCUT2D eigenvalue weighted by molar-refractivity contribution is -0.123. The van der Waals surface area contributed by atoms with Gasteiger partial charge in [0.05, 0.1) is 0 Å². The Hall–Kier alpha value is -2.63. The smallest absolute Gasteiger partial charge is 0.258 e. The lowest BCUT2D eigenvalue weighted by Gasteiger charge is -2.09. The molecule has 0 aliphatic rings. The fourth-order valence-corrected chi connectivity index (χ4v) is 1.68. The average molecular weight is 286 g/mol. The topological polar surface area (TPSA) is 90.1 Å². The summed E-state index contributed by atoms with van der Waals surface area (Å²) in [6.45, 7) is 3.98. The second-order valence-electron chi connectivity index (χ2n) is 4.71. The molecule has 0 aliphatic heterocycles. The van der Waals surface area contributed by atoms with Gasteiger partial charge in [-0.3, -0.25) is 4.79 Å². The highest BCUT2D eigenvalue weighted by Crippen LogP contribution is 2.11. The molecule has 1 aromatic heterocycles. The van der Waals surface area contributed by atoms with Crippen molar-refractivity contribution in [2.24, 2.45) is 0 Å². The molecule has 110 valence electrons. The van der Waals surface area contributed by atoms with E-state index in [2.05, 4.69) is 15.3 Å². The molecule has 1 amide bonds. The Labute approximate surface area is 123 Å². The molecular formula is C15H18N4O2. The quantitative estimate of drug-likeness (QED) is 0.866. The van der Waals surface area contributed by atoms with E-state index in [-0.39, 0.29) is 19.1 Å². The van der Waals surface area contributed by atoms with E-state index in [9.17, 15) is 4.79 Å². The molecule has 0 bridgehead atoms. The Morgan fingerprint density at radius 2 is 2.00 bits per heavy atom. The first kappa shape index (κ1) is 14.8. The highest BCUT2D eigenvalue weighted by atomic mass is 16.5. The van der Waals surface area contributed by atoms with Gasteiger partial charge >= 0.3 is 0 Å². The molecule has 2 rings (SSSR count). The lowest BCUT2D eigenvalue weighted by atomic mass is 10.2. The minimum Gasteiger partial charge on any atom is -0.484 e. The first-order valence-electron chi connectivity index (χ1n) is 6.59. The summed E-state index contributed by atoms with van der Waals surface area (Å²) in [5.74, 6) is 1.41. The Bertz CT molecular complexity index is 626. The van der Waals surface area contributed by atoms with Crippen LogP contribution >= 0.6 is 0 Å². The van der Waals surface area contributed by atoms with Crippen molar-refractivity contribution in [2.45, 2.75) is 20.4 Å². The number of nitrogens with one attached hydrogen (secondary N) is 1. The fourth-order valence-electron chi connectivity index (χ4n) is 1.68. The number of nitrogens with two attached hydrogens (primary N) is 1. The van der Waals surface area contributed by atoms with Crippen LogP contribution in [0.5, 0.6) is 5.75 Å². The number of amides is 1. The minimum absolute atomic E-state index is 0.0459. The molecule has 0 aliphatic carbocycles. The molecule has 6 nitrogen and oxygen atoms in total. The van der Waals surface area contributed by atoms with Crippen molar-refractivity contribution in [2.75, 3.05) is 12.3 Å². The number of nitrogen functional groups attached to an aromatic ring is 1. The van der Waals surface area contributed by atoms with E-state index in [1.165, 1.54) is 0 Å². The number of anilines is 1. The van der Waals surface area contributed by atoms with Gasteiger partial charge in [-0.15, -0.1) is 0 Å². The fraction of sp³-hybridized carbons (Fsp3) is 0.267. The molecule has 0 radical (unpaired) electrons. The summed E-state index contributed by atoms with van der Waals surface area (Å²) in [4.78, 5) is 19.8. The summed E-state index contributed by atoms with van der Waals surface area (Å²) in [5.41, 5.74) is 7.58. The molecule has 2 aromatic rings. The Morgan fingerprint density at radius 3 is 2.67 bits per heavy atom. The number of aryl methyl sites for hydroxylation is 2. The molecule has 0 saturated carbocycles. The first-order chi connectivity index (χ1) is 10.0. The van der Waals surface area contributed by atoms with Crippen LogP contribution in [-0.4, -0.2) is 22.5 Å². The van der Waals surface area contributed by atoms with Crippen molar-refractivity contribution in [1.82, 2.24) is 15.3 Å². The van der Waals surface area contributed by atoms with Crippen LogP contribution in [0, 0.1) is 13.8 Å². The monoisotopic (exact) mass is 286 g/mol. The third kappa shape index (κ3) is 4.45. The number of hydrogen-bond acceptors (Lipinski definition) is 5. The van der Waals surface area contributed by atoms with Gasteiger partial charge in [0.2, 0.25) is 0 Å². The summed E-state index contributed by atoms with van der Waals surface area (Å²) in [5, 5.41) is 2.72. The number of carbonyl (C=O) groups excluding carboxylic acids is 1. The van der Waals surface area contributed by atoms with E-state index in [0.717, 1.165) is 5.56 Å². The van der Waals surface area contributed by atoms with Gasteiger partial charge in [-0.1, -0.05) is 17.7 Å². The predicted molar refractivity (Wildman–Crippen MR) is 79.7 cm³/mol. The highest BCUT2D eigenvalue weighted by Gasteiger charge is 2.06. The third-order valence-corrected chi connectivity index (χ3v) is 2.89. The Balaban J connectivity index is 1.80. The van der Waals surface area contributed by atoms with Crippen molar-refractivity contribution < 1.29 is 9.53 Å². The molecule has 0 saturated heterocycles. The molecule has 0 spiro atoms. The van der Waals surface area contributed by atoms with E-state index in [1.54, 1.807) is 13.1 Å². The van der Waals surface area contributed by atoms with E-state index >= 15 is 0 Å². The SMILES string of the molecule is Cc1ccc(OCC(=O)NCc2cnc(C)nc2N)cc1. The largest absolute Gasteiger partial charge is 0.484 e. The van der Waals surface area contributed by atoms with Crippen LogP contribution in [0.15, 0.2) is 30.5 Å². The van der Waals surface area contributed by atoms with Crippen LogP contribution < -0.4 is 15.8 Å². The summed E-state index contributed by atoms with van der Waals surface area (Å²) in [7, 11) is 0. The zero-order chi connectivity index (χ0) is 15.2. The number of nitrogens with zero attached hydrogens (tertiary/aromatic N) is 2. The molecule has 0 atom stereocenters. The third-order valence-electron chi connectivity index (χ3n) is 2.89. The summed E-state index contributed by atoms with van der Waals surface area (Å²) in [6, 6.07) is 7.51. The van der Waals surface area contributed by atoms with Crippen LogP contribution in [0.3, 0.4) is 0 Å². The average Bonchev–Trinajstić information content (AvgIpc) is 2.46. The van der Waals surface area contributed by atoms with Crippen molar-refractivity contribution >= 4 is 11.7 Å². The number of benzene rings is 1. The maximum Gasteiger partial charge on any atom is 0.258 e. The van der Waals surface area contributed by atoms with Crippen LogP contribution in [0.1, 0.15) is 17.0 Å². The standard InChI is InChI=1S/C15H18N4O2/c1-10-3-5-13(6-4-10)21-9-14(20)18-8-12-7-17-11(2)19-15(12)16/h3-7H,8-9H2,1-2H3,(H,18,20)(H2,16,17,19). The van der Waals surface area contributed by atoms with E-state index in [1.807, 2.05) is 31.2 Å². The Kier molecular flexibility index (Phi) is 4.71. The van der Waals surface area contributed by atoms with Gasteiger partial charge in [0.15, 0.2) is 6.61 Å². The molecule has 21 heavy (non-hydrogen) atoms. The van der Waals surface area contributed by atoms with E-state index in [4.69, 9.17) is 10.5 Å². The molecule has 1 heterocycles. The van der Waals surface area contributed by atoms with Gasteiger partial charge in [0, 0.05) is 18.3 Å². The minimum atomic E-state index is -0.226. The number of hydrogen-bond donors (Lipinski definition) is 2. The number of rotatable bonds is 5. The number of aromatic nitrogens is 2. The second kappa shape index (κ2) is 6.69. The van der Waals surface area contributed by atoms with Crippen LogP contribution in [-0.2, 0) is 11.3 Å². The zero-order valence-electron chi connectivity index (χ0n) is 12.1. The van der Waals surface area contributed by atoms with Crippen molar-refractivity contribution in [3.05, 3.63) is 47.4 Å². The normalized spacial score (nSPS) is 10.2. The van der Waals surface area contributed by atoms with Crippen molar-refractivity contribution in [1.29, 1.82) is 0 Å².